The third kappa shape index (κ3) is 2.95. The highest BCUT2D eigenvalue weighted by molar-refractivity contribution is 7.12. The Morgan fingerprint density at radius 2 is 2.07 bits per heavy atom. The maximum Gasteiger partial charge on any atom is 0.0561 e. The standard InChI is InChI=1S/C10H17ClN2S/c1-3-13(4-2)7-8-5-9(11)10(6-12)14-8/h5H,3-4,6-7,12H2,1-2H3. The van der Waals surface area contributed by atoms with Gasteiger partial charge in [-0.2, -0.15) is 0 Å². The van der Waals surface area contributed by atoms with Gasteiger partial charge >= 0.3 is 0 Å². The molecule has 4 heteroatoms. The lowest BCUT2D eigenvalue weighted by Crippen LogP contribution is -2.21. The summed E-state index contributed by atoms with van der Waals surface area (Å²) < 4.78 is 0. The van der Waals surface area contributed by atoms with E-state index in [4.69, 9.17) is 17.3 Å². The molecule has 1 heterocycles. The van der Waals surface area contributed by atoms with E-state index < -0.39 is 0 Å². The van der Waals surface area contributed by atoms with Crippen LogP contribution in [0, 0.1) is 0 Å². The first-order valence-electron chi connectivity index (χ1n) is 4.90. The minimum absolute atomic E-state index is 0.543. The summed E-state index contributed by atoms with van der Waals surface area (Å²) in [6, 6.07) is 2.03. The number of hydrogen-bond donors (Lipinski definition) is 1. The first kappa shape index (κ1) is 12.0. The molecular formula is C10H17ClN2S. The van der Waals surface area contributed by atoms with Gasteiger partial charge in [-0.3, -0.25) is 4.90 Å². The third-order valence-electron chi connectivity index (χ3n) is 2.27. The van der Waals surface area contributed by atoms with Crippen LogP contribution in [0.5, 0.6) is 0 Å². The summed E-state index contributed by atoms with van der Waals surface area (Å²) in [5.74, 6) is 0. The Hall–Kier alpha value is -0.0900. The van der Waals surface area contributed by atoms with Crippen molar-refractivity contribution in [3.63, 3.8) is 0 Å². The molecule has 0 aliphatic carbocycles. The van der Waals surface area contributed by atoms with Crippen LogP contribution in [-0.2, 0) is 13.1 Å². The van der Waals surface area contributed by atoms with Crippen molar-refractivity contribution >= 4 is 22.9 Å². The number of thiophene rings is 1. The van der Waals surface area contributed by atoms with Gasteiger partial charge in [0.1, 0.15) is 0 Å². The average molecular weight is 233 g/mol. The Labute approximate surface area is 94.7 Å². The maximum atomic E-state index is 6.03. The van der Waals surface area contributed by atoms with Crippen molar-refractivity contribution in [3.05, 3.63) is 20.8 Å². The Kier molecular flexibility index (Phi) is 4.89. The molecule has 0 saturated heterocycles. The monoisotopic (exact) mass is 232 g/mol. The molecule has 0 aromatic carbocycles. The van der Waals surface area contributed by atoms with Gasteiger partial charge in [-0.15, -0.1) is 11.3 Å². The minimum atomic E-state index is 0.543. The Balaban J connectivity index is 2.67. The zero-order valence-electron chi connectivity index (χ0n) is 8.72. The molecule has 80 valence electrons. The molecule has 0 spiro atoms. The van der Waals surface area contributed by atoms with Gasteiger partial charge in [0.2, 0.25) is 0 Å². The van der Waals surface area contributed by atoms with Crippen LogP contribution in [-0.4, -0.2) is 18.0 Å². The largest absolute Gasteiger partial charge is 0.326 e. The van der Waals surface area contributed by atoms with Gasteiger partial charge in [0, 0.05) is 22.8 Å². The summed E-state index contributed by atoms with van der Waals surface area (Å²) in [6.45, 7) is 8.01. The average Bonchev–Trinajstić information content (AvgIpc) is 2.55. The highest BCUT2D eigenvalue weighted by atomic mass is 35.5. The van der Waals surface area contributed by atoms with Crippen LogP contribution < -0.4 is 5.73 Å². The molecule has 1 aromatic rings. The Morgan fingerprint density at radius 3 is 2.50 bits per heavy atom. The fraction of sp³-hybridized carbons (Fsp3) is 0.600. The second kappa shape index (κ2) is 5.71. The van der Waals surface area contributed by atoms with Crippen LogP contribution >= 0.6 is 22.9 Å². The van der Waals surface area contributed by atoms with Crippen LogP contribution in [0.4, 0.5) is 0 Å². The summed E-state index contributed by atoms with van der Waals surface area (Å²) in [7, 11) is 0. The van der Waals surface area contributed by atoms with E-state index in [1.165, 1.54) is 4.88 Å². The van der Waals surface area contributed by atoms with E-state index in [0.29, 0.717) is 6.54 Å². The zero-order valence-corrected chi connectivity index (χ0v) is 10.3. The molecule has 1 aromatic heterocycles. The van der Waals surface area contributed by atoms with Gasteiger partial charge in [0.15, 0.2) is 0 Å². The van der Waals surface area contributed by atoms with E-state index in [-0.39, 0.29) is 0 Å². The smallest absolute Gasteiger partial charge is 0.0561 e. The van der Waals surface area contributed by atoms with Gasteiger partial charge in [-0.05, 0) is 19.2 Å². The molecule has 0 radical (unpaired) electrons. The quantitative estimate of drug-likeness (QED) is 0.846. The molecule has 14 heavy (non-hydrogen) atoms. The molecule has 0 atom stereocenters. The number of nitrogens with zero attached hydrogens (tertiary/aromatic N) is 1. The van der Waals surface area contributed by atoms with E-state index in [2.05, 4.69) is 18.7 Å². The van der Waals surface area contributed by atoms with Crippen LogP contribution in [0.2, 0.25) is 5.02 Å². The molecule has 0 aliphatic rings. The fourth-order valence-electron chi connectivity index (χ4n) is 1.34. The summed E-state index contributed by atoms with van der Waals surface area (Å²) in [5, 5.41) is 0.819. The van der Waals surface area contributed by atoms with Gasteiger partial charge in [-0.1, -0.05) is 25.4 Å². The first-order valence-corrected chi connectivity index (χ1v) is 6.10. The van der Waals surface area contributed by atoms with Gasteiger partial charge in [0.25, 0.3) is 0 Å². The van der Waals surface area contributed by atoms with E-state index in [1.54, 1.807) is 11.3 Å². The predicted octanol–water partition coefficient (Wildman–Crippen LogP) is 2.70. The predicted molar refractivity (Wildman–Crippen MR) is 63.8 cm³/mol. The molecule has 0 saturated carbocycles. The number of nitrogens with two attached hydrogens (primary N) is 1. The summed E-state index contributed by atoms with van der Waals surface area (Å²) in [4.78, 5) is 4.76. The number of hydrogen-bond acceptors (Lipinski definition) is 3. The summed E-state index contributed by atoms with van der Waals surface area (Å²) in [5.41, 5.74) is 5.57. The second-order valence-electron chi connectivity index (χ2n) is 3.15. The molecular weight excluding hydrogens is 216 g/mol. The summed E-state index contributed by atoms with van der Waals surface area (Å²) in [6.07, 6.45) is 0. The normalized spacial score (nSPS) is 11.2. The van der Waals surface area contributed by atoms with Gasteiger partial charge < -0.3 is 5.73 Å². The van der Waals surface area contributed by atoms with E-state index >= 15 is 0 Å². The minimum Gasteiger partial charge on any atom is -0.326 e. The topological polar surface area (TPSA) is 29.3 Å². The van der Waals surface area contributed by atoms with Crippen molar-refractivity contribution in [2.45, 2.75) is 26.9 Å². The lowest BCUT2D eigenvalue weighted by Gasteiger charge is -2.16. The van der Waals surface area contributed by atoms with Gasteiger partial charge in [0.05, 0.1) is 5.02 Å². The molecule has 0 bridgehead atoms. The molecule has 0 aliphatic heterocycles. The molecule has 0 fully saturated rings. The van der Waals surface area contributed by atoms with E-state index in [9.17, 15) is 0 Å². The molecule has 0 amide bonds. The Bertz CT molecular complexity index is 282. The highest BCUT2D eigenvalue weighted by Gasteiger charge is 2.08. The van der Waals surface area contributed by atoms with Crippen LogP contribution in [0.1, 0.15) is 23.6 Å². The third-order valence-corrected chi connectivity index (χ3v) is 3.86. The van der Waals surface area contributed by atoms with Crippen molar-refractivity contribution in [2.75, 3.05) is 13.1 Å². The maximum absolute atomic E-state index is 6.03. The molecule has 0 unspecified atom stereocenters. The lowest BCUT2D eigenvalue weighted by atomic mass is 10.4. The summed E-state index contributed by atoms with van der Waals surface area (Å²) >= 11 is 7.75. The van der Waals surface area contributed by atoms with Gasteiger partial charge in [-0.25, -0.2) is 0 Å². The van der Waals surface area contributed by atoms with E-state index in [1.807, 2.05) is 6.07 Å². The van der Waals surface area contributed by atoms with Crippen LogP contribution in [0.3, 0.4) is 0 Å². The lowest BCUT2D eigenvalue weighted by molar-refractivity contribution is 0.298. The number of halogens is 1. The van der Waals surface area contributed by atoms with Crippen LogP contribution in [0.25, 0.3) is 0 Å². The highest BCUT2D eigenvalue weighted by Crippen LogP contribution is 2.27. The Morgan fingerprint density at radius 1 is 1.43 bits per heavy atom. The fourth-order valence-corrected chi connectivity index (χ4v) is 2.71. The van der Waals surface area contributed by atoms with Crippen molar-refractivity contribution in [2.24, 2.45) is 5.73 Å². The zero-order chi connectivity index (χ0) is 10.6. The SMILES string of the molecule is CCN(CC)Cc1cc(Cl)c(CN)s1. The second-order valence-corrected chi connectivity index (χ2v) is 4.78. The molecule has 1 rings (SSSR count). The van der Waals surface area contributed by atoms with Crippen molar-refractivity contribution in [3.8, 4) is 0 Å². The van der Waals surface area contributed by atoms with Crippen LogP contribution in [0.15, 0.2) is 6.07 Å². The van der Waals surface area contributed by atoms with Crippen molar-refractivity contribution in [1.29, 1.82) is 0 Å². The number of rotatable bonds is 5. The van der Waals surface area contributed by atoms with E-state index in [0.717, 1.165) is 29.5 Å². The molecule has 2 N–H and O–H groups in total. The van der Waals surface area contributed by atoms with Crippen molar-refractivity contribution in [1.82, 2.24) is 4.90 Å². The van der Waals surface area contributed by atoms with Crippen molar-refractivity contribution < 1.29 is 0 Å². The molecule has 2 nitrogen and oxygen atoms in total. The first-order chi connectivity index (χ1) is 6.71.